The molecule has 1 atom stereocenters. The van der Waals surface area contributed by atoms with Crippen LogP contribution in [0.15, 0.2) is 16.3 Å². The van der Waals surface area contributed by atoms with Gasteiger partial charge in [-0.3, -0.25) is 9.59 Å². The molecule has 1 fully saturated rings. The summed E-state index contributed by atoms with van der Waals surface area (Å²) in [4.78, 5) is 25.5. The van der Waals surface area contributed by atoms with Crippen molar-refractivity contribution in [3.63, 3.8) is 0 Å². The molecular formula is C14H22N4O4S2. The molecule has 1 aromatic heterocycles. The molecule has 1 aliphatic heterocycles. The van der Waals surface area contributed by atoms with E-state index in [2.05, 4.69) is 15.4 Å². The normalized spacial score (nSPS) is 18.4. The number of rotatable bonds is 6. The van der Waals surface area contributed by atoms with E-state index < -0.39 is 10.0 Å². The van der Waals surface area contributed by atoms with Crippen LogP contribution in [-0.2, 0) is 26.2 Å². The van der Waals surface area contributed by atoms with Crippen LogP contribution in [0.2, 0.25) is 0 Å². The van der Waals surface area contributed by atoms with Crippen LogP contribution in [0.1, 0.15) is 18.7 Å². The average molecular weight is 374 g/mol. The molecule has 0 radical (unpaired) electrons. The SMILES string of the molecule is CC(=O)NCc1ccc(S(=O)(=O)NCC(=O)N2CCNC[C@H]2C)s1. The molecule has 1 saturated heterocycles. The van der Waals surface area contributed by atoms with Gasteiger partial charge in [-0.15, -0.1) is 11.3 Å². The van der Waals surface area contributed by atoms with Gasteiger partial charge < -0.3 is 15.5 Å². The highest BCUT2D eigenvalue weighted by molar-refractivity contribution is 7.91. The predicted octanol–water partition coefficient (Wildman–Crippen LogP) is -0.517. The summed E-state index contributed by atoms with van der Waals surface area (Å²) in [6.45, 7) is 5.33. The number of thiophene rings is 1. The Morgan fingerprint density at radius 3 is 2.83 bits per heavy atom. The summed E-state index contributed by atoms with van der Waals surface area (Å²) in [5.41, 5.74) is 0. The summed E-state index contributed by atoms with van der Waals surface area (Å²) in [6, 6.07) is 3.17. The zero-order chi connectivity index (χ0) is 17.7. The molecule has 2 rings (SSSR count). The molecule has 0 aromatic carbocycles. The fourth-order valence-corrected chi connectivity index (χ4v) is 4.66. The van der Waals surface area contributed by atoms with E-state index in [9.17, 15) is 18.0 Å². The number of hydrogen-bond donors (Lipinski definition) is 3. The van der Waals surface area contributed by atoms with E-state index in [4.69, 9.17) is 0 Å². The molecule has 0 aliphatic carbocycles. The number of carbonyl (C=O) groups is 2. The van der Waals surface area contributed by atoms with Crippen LogP contribution in [0, 0.1) is 0 Å². The van der Waals surface area contributed by atoms with Crippen molar-refractivity contribution in [3.05, 3.63) is 17.0 Å². The maximum Gasteiger partial charge on any atom is 0.250 e. The summed E-state index contributed by atoms with van der Waals surface area (Å²) < 4.78 is 27.0. The van der Waals surface area contributed by atoms with Crippen molar-refractivity contribution in [3.8, 4) is 0 Å². The number of piperazine rings is 1. The van der Waals surface area contributed by atoms with Crippen molar-refractivity contribution in [2.24, 2.45) is 0 Å². The summed E-state index contributed by atoms with van der Waals surface area (Å²) in [5, 5.41) is 5.79. The van der Waals surface area contributed by atoms with E-state index in [0.29, 0.717) is 19.6 Å². The lowest BCUT2D eigenvalue weighted by atomic mass is 10.2. The molecule has 1 aromatic rings. The van der Waals surface area contributed by atoms with E-state index >= 15 is 0 Å². The number of nitrogens with one attached hydrogen (secondary N) is 3. The van der Waals surface area contributed by atoms with Gasteiger partial charge in [0.25, 0.3) is 10.0 Å². The Morgan fingerprint density at radius 1 is 1.42 bits per heavy atom. The summed E-state index contributed by atoms with van der Waals surface area (Å²) in [6.07, 6.45) is 0. The van der Waals surface area contributed by atoms with Gasteiger partial charge in [0.2, 0.25) is 11.8 Å². The van der Waals surface area contributed by atoms with Gasteiger partial charge in [-0.25, -0.2) is 13.1 Å². The number of carbonyl (C=O) groups excluding carboxylic acids is 2. The van der Waals surface area contributed by atoms with Gasteiger partial charge in [0.15, 0.2) is 0 Å². The van der Waals surface area contributed by atoms with Gasteiger partial charge in [0.05, 0.1) is 13.1 Å². The van der Waals surface area contributed by atoms with E-state index in [1.807, 2.05) is 6.92 Å². The zero-order valence-corrected chi connectivity index (χ0v) is 15.3. The lowest BCUT2D eigenvalue weighted by Gasteiger charge is -2.34. The molecule has 2 heterocycles. The molecule has 1 aliphatic rings. The Bertz CT molecular complexity index is 701. The zero-order valence-electron chi connectivity index (χ0n) is 13.7. The minimum Gasteiger partial charge on any atom is -0.351 e. The fourth-order valence-electron chi connectivity index (χ4n) is 2.35. The van der Waals surface area contributed by atoms with Gasteiger partial charge >= 0.3 is 0 Å². The predicted molar refractivity (Wildman–Crippen MR) is 91.1 cm³/mol. The first kappa shape index (κ1) is 18.8. The molecule has 0 bridgehead atoms. The van der Waals surface area contributed by atoms with Gasteiger partial charge in [-0.2, -0.15) is 0 Å². The topological polar surface area (TPSA) is 108 Å². The molecule has 3 N–H and O–H groups in total. The van der Waals surface area contributed by atoms with Crippen LogP contribution in [0.3, 0.4) is 0 Å². The molecule has 8 nitrogen and oxygen atoms in total. The minimum absolute atomic E-state index is 0.0433. The quantitative estimate of drug-likeness (QED) is 0.621. The third-order valence-corrected chi connectivity index (χ3v) is 6.63. The Kier molecular flexibility index (Phi) is 6.33. The van der Waals surface area contributed by atoms with Gasteiger partial charge in [0, 0.05) is 37.5 Å². The molecular weight excluding hydrogens is 352 g/mol. The summed E-state index contributed by atoms with van der Waals surface area (Å²) in [5.74, 6) is -0.413. The summed E-state index contributed by atoms with van der Waals surface area (Å²) in [7, 11) is -3.74. The molecule has 0 saturated carbocycles. The minimum atomic E-state index is -3.74. The second kappa shape index (κ2) is 8.06. The first-order valence-electron chi connectivity index (χ1n) is 7.62. The van der Waals surface area contributed by atoms with E-state index in [1.54, 1.807) is 11.0 Å². The first-order chi connectivity index (χ1) is 11.3. The molecule has 0 spiro atoms. The van der Waals surface area contributed by atoms with Crippen molar-refractivity contribution in [1.82, 2.24) is 20.3 Å². The molecule has 134 valence electrons. The van der Waals surface area contributed by atoms with Crippen LogP contribution in [0.4, 0.5) is 0 Å². The largest absolute Gasteiger partial charge is 0.351 e. The highest BCUT2D eigenvalue weighted by atomic mass is 32.2. The van der Waals surface area contributed by atoms with E-state index in [1.165, 1.54) is 13.0 Å². The Morgan fingerprint density at radius 2 is 2.17 bits per heavy atom. The Hall–Kier alpha value is -1.49. The number of sulfonamides is 1. The maximum absolute atomic E-state index is 12.3. The van der Waals surface area contributed by atoms with Crippen LogP contribution in [0.25, 0.3) is 0 Å². The van der Waals surface area contributed by atoms with Crippen LogP contribution in [-0.4, -0.2) is 57.4 Å². The second-order valence-electron chi connectivity index (χ2n) is 5.60. The number of nitrogens with zero attached hydrogens (tertiary/aromatic N) is 1. The van der Waals surface area contributed by atoms with Crippen LogP contribution < -0.4 is 15.4 Å². The van der Waals surface area contributed by atoms with Crippen molar-refractivity contribution in [1.29, 1.82) is 0 Å². The smallest absolute Gasteiger partial charge is 0.250 e. The van der Waals surface area contributed by atoms with Crippen molar-refractivity contribution in [2.75, 3.05) is 26.2 Å². The third-order valence-electron chi connectivity index (χ3n) is 3.65. The maximum atomic E-state index is 12.3. The number of amides is 2. The molecule has 24 heavy (non-hydrogen) atoms. The van der Waals surface area contributed by atoms with Gasteiger partial charge in [-0.05, 0) is 19.1 Å². The highest BCUT2D eigenvalue weighted by Crippen LogP contribution is 2.21. The van der Waals surface area contributed by atoms with E-state index in [-0.39, 0.29) is 35.2 Å². The molecule has 10 heteroatoms. The third kappa shape index (κ3) is 5.00. The second-order valence-corrected chi connectivity index (χ2v) is 8.76. The Balaban J connectivity index is 1.93. The van der Waals surface area contributed by atoms with Crippen molar-refractivity contribution < 1.29 is 18.0 Å². The van der Waals surface area contributed by atoms with Crippen LogP contribution in [0.5, 0.6) is 0 Å². The monoisotopic (exact) mass is 374 g/mol. The highest BCUT2D eigenvalue weighted by Gasteiger charge is 2.25. The van der Waals surface area contributed by atoms with Crippen molar-refractivity contribution >= 4 is 33.2 Å². The lowest BCUT2D eigenvalue weighted by Crippen LogP contribution is -2.54. The molecule has 0 unspecified atom stereocenters. The molecule has 2 amide bonds. The van der Waals surface area contributed by atoms with Crippen molar-refractivity contribution in [2.45, 2.75) is 30.6 Å². The summed E-state index contributed by atoms with van der Waals surface area (Å²) >= 11 is 1.07. The standard InChI is InChI=1S/C14H22N4O4S2/c1-10-7-15-5-6-18(10)13(20)9-17-24(21,22)14-4-3-12(23-14)8-16-11(2)19/h3-4,10,15,17H,5-9H2,1-2H3,(H,16,19)/t10-/m1/s1. The van der Waals surface area contributed by atoms with Gasteiger partial charge in [-0.1, -0.05) is 0 Å². The van der Waals surface area contributed by atoms with Crippen LogP contribution >= 0.6 is 11.3 Å². The average Bonchev–Trinajstić information content (AvgIpc) is 3.01. The first-order valence-corrected chi connectivity index (χ1v) is 9.92. The number of hydrogen-bond acceptors (Lipinski definition) is 6. The van der Waals surface area contributed by atoms with Gasteiger partial charge in [0.1, 0.15) is 4.21 Å². The Labute approximate surface area is 145 Å². The van der Waals surface area contributed by atoms with E-state index in [0.717, 1.165) is 16.2 Å². The fraction of sp³-hybridized carbons (Fsp3) is 0.571. The lowest BCUT2D eigenvalue weighted by molar-refractivity contribution is -0.132.